The van der Waals surface area contributed by atoms with Crippen LogP contribution in [0, 0.1) is 0 Å². The normalized spacial score (nSPS) is 16.7. The number of carbonyl (C=O) groups is 2. The Balaban J connectivity index is 1.73. The van der Waals surface area contributed by atoms with Crippen molar-refractivity contribution in [3.05, 3.63) is 65.5 Å². The predicted molar refractivity (Wildman–Crippen MR) is 111 cm³/mol. The van der Waals surface area contributed by atoms with Crippen LogP contribution in [0.15, 0.2) is 62.8 Å². The van der Waals surface area contributed by atoms with E-state index in [2.05, 4.69) is 0 Å². The molecule has 3 aromatic rings. The second-order valence-corrected chi connectivity index (χ2v) is 7.42. The Labute approximate surface area is 178 Å². The number of hydrogen-bond donors (Lipinski definition) is 1. The first-order valence-corrected chi connectivity index (χ1v) is 9.92. The van der Waals surface area contributed by atoms with E-state index in [4.69, 9.17) is 18.3 Å². The maximum Gasteiger partial charge on any atom is 0.290 e. The predicted octanol–water partition coefficient (Wildman–Crippen LogP) is 4.04. The van der Waals surface area contributed by atoms with Crippen LogP contribution in [-0.2, 0) is 9.53 Å². The van der Waals surface area contributed by atoms with Crippen molar-refractivity contribution in [2.24, 2.45) is 0 Å². The number of methoxy groups -OCH3 is 1. The number of Topliss-reactive ketones (excluding diaryl/α,β-unsaturated/α-hetero) is 1. The molecule has 0 saturated heterocycles. The maximum absolute atomic E-state index is 13.4. The first-order valence-electron chi connectivity index (χ1n) is 9.92. The Morgan fingerprint density at radius 3 is 2.74 bits per heavy atom. The molecule has 31 heavy (non-hydrogen) atoms. The molecule has 1 unspecified atom stereocenters. The molecule has 8 heteroatoms. The van der Waals surface area contributed by atoms with E-state index >= 15 is 0 Å². The summed E-state index contributed by atoms with van der Waals surface area (Å²) in [6, 6.07) is 9.27. The monoisotopic (exact) mass is 425 g/mol. The van der Waals surface area contributed by atoms with Crippen LogP contribution in [0.1, 0.15) is 36.2 Å². The van der Waals surface area contributed by atoms with Crippen molar-refractivity contribution in [1.82, 2.24) is 4.90 Å². The first-order chi connectivity index (χ1) is 14.9. The molecular weight excluding hydrogens is 402 g/mol. The summed E-state index contributed by atoms with van der Waals surface area (Å²) in [6.45, 7) is 4.20. The van der Waals surface area contributed by atoms with Crippen LogP contribution in [0.25, 0.3) is 11.0 Å². The Morgan fingerprint density at radius 1 is 1.26 bits per heavy atom. The summed E-state index contributed by atoms with van der Waals surface area (Å²) >= 11 is 0. The highest BCUT2D eigenvalue weighted by molar-refractivity contribution is 6.16. The molecule has 0 bridgehead atoms. The van der Waals surface area contributed by atoms with Gasteiger partial charge in [-0.1, -0.05) is 12.1 Å². The van der Waals surface area contributed by atoms with Crippen molar-refractivity contribution in [2.45, 2.75) is 26.0 Å². The van der Waals surface area contributed by atoms with Gasteiger partial charge in [-0.15, -0.1) is 0 Å². The smallest absolute Gasteiger partial charge is 0.290 e. The molecule has 3 heterocycles. The van der Waals surface area contributed by atoms with Gasteiger partial charge in [-0.05, 0) is 38.1 Å². The summed E-state index contributed by atoms with van der Waals surface area (Å²) in [7, 11) is 1.51. The Bertz CT molecular complexity index is 1140. The fourth-order valence-electron chi connectivity index (χ4n) is 3.69. The number of fused-ring (bicyclic) bond motifs is 1. The Kier molecular flexibility index (Phi) is 5.56. The lowest BCUT2D eigenvalue weighted by Gasteiger charge is -2.25. The number of nitrogens with zero attached hydrogens (tertiary/aromatic N) is 1. The second-order valence-electron chi connectivity index (χ2n) is 7.42. The van der Waals surface area contributed by atoms with Gasteiger partial charge in [0, 0.05) is 11.9 Å². The molecule has 0 radical (unpaired) electrons. The number of aliphatic hydroxyl groups excluding tert-OH is 1. The van der Waals surface area contributed by atoms with Crippen molar-refractivity contribution in [1.29, 1.82) is 0 Å². The van der Waals surface area contributed by atoms with E-state index in [-0.39, 0.29) is 30.6 Å². The van der Waals surface area contributed by atoms with Crippen LogP contribution in [0.4, 0.5) is 0 Å². The third-order valence-electron chi connectivity index (χ3n) is 5.10. The summed E-state index contributed by atoms with van der Waals surface area (Å²) in [4.78, 5) is 27.6. The molecule has 0 fully saturated rings. The minimum absolute atomic E-state index is 0.00862. The number of rotatable bonds is 8. The zero-order chi connectivity index (χ0) is 22.1. The van der Waals surface area contributed by atoms with Crippen molar-refractivity contribution in [3.63, 3.8) is 0 Å². The lowest BCUT2D eigenvalue weighted by Crippen LogP contribution is -2.34. The fourth-order valence-corrected chi connectivity index (χ4v) is 3.69. The highest BCUT2D eigenvalue weighted by Gasteiger charge is 2.45. The van der Waals surface area contributed by atoms with E-state index in [0.717, 1.165) is 0 Å². The molecule has 1 aromatic carbocycles. The number of ketones is 1. The zero-order valence-electron chi connectivity index (χ0n) is 17.5. The molecule has 1 aliphatic heterocycles. The van der Waals surface area contributed by atoms with Crippen molar-refractivity contribution in [2.75, 3.05) is 20.3 Å². The van der Waals surface area contributed by atoms with Gasteiger partial charge in [0.2, 0.25) is 5.78 Å². The van der Waals surface area contributed by atoms with Crippen LogP contribution in [0.5, 0.6) is 5.75 Å². The van der Waals surface area contributed by atoms with Gasteiger partial charge in [0.05, 0.1) is 31.7 Å². The largest absolute Gasteiger partial charge is 0.503 e. The molecule has 0 aliphatic carbocycles. The standard InChI is InChI=1S/C23H23NO7/c1-13(2)29-11-9-24-19(15-8-5-10-30-15)18(21(26)23(24)27)20(25)17-12-14-6-4-7-16(28-3)22(14)31-17/h4-8,10,12-13,19,26H,9,11H2,1-3H3. The lowest BCUT2D eigenvalue weighted by atomic mass is 9.99. The van der Waals surface area contributed by atoms with Crippen LogP contribution in [0.2, 0.25) is 0 Å². The summed E-state index contributed by atoms with van der Waals surface area (Å²) in [5, 5.41) is 11.3. The molecule has 0 saturated carbocycles. The second kappa shape index (κ2) is 8.31. The number of benzene rings is 1. The quantitative estimate of drug-likeness (QED) is 0.544. The Hall–Kier alpha value is -3.52. The van der Waals surface area contributed by atoms with E-state index in [0.29, 0.717) is 22.5 Å². The third kappa shape index (κ3) is 3.70. The van der Waals surface area contributed by atoms with Crippen LogP contribution in [-0.4, -0.2) is 48.1 Å². The third-order valence-corrected chi connectivity index (χ3v) is 5.10. The van der Waals surface area contributed by atoms with Crippen LogP contribution in [0.3, 0.4) is 0 Å². The average molecular weight is 425 g/mol. The SMILES string of the molecule is COc1cccc2cc(C(=O)C3=C(O)C(=O)N(CCOC(C)C)C3c3ccco3)oc12. The summed E-state index contributed by atoms with van der Waals surface area (Å²) in [5.74, 6) is -1.05. The lowest BCUT2D eigenvalue weighted by molar-refractivity contribution is -0.130. The summed E-state index contributed by atoms with van der Waals surface area (Å²) in [6.07, 6.45) is 1.43. The molecule has 4 rings (SSSR count). The van der Waals surface area contributed by atoms with Gasteiger partial charge >= 0.3 is 0 Å². The molecule has 2 aromatic heterocycles. The number of aliphatic hydroxyl groups is 1. The molecule has 1 amide bonds. The van der Waals surface area contributed by atoms with Gasteiger partial charge < -0.3 is 28.3 Å². The van der Waals surface area contributed by atoms with Gasteiger partial charge in [-0.3, -0.25) is 9.59 Å². The van der Waals surface area contributed by atoms with E-state index < -0.39 is 23.5 Å². The molecule has 1 N–H and O–H groups in total. The molecule has 0 spiro atoms. The van der Waals surface area contributed by atoms with Gasteiger partial charge in [-0.25, -0.2) is 0 Å². The van der Waals surface area contributed by atoms with Gasteiger partial charge in [-0.2, -0.15) is 0 Å². The van der Waals surface area contributed by atoms with E-state index in [1.807, 2.05) is 13.8 Å². The van der Waals surface area contributed by atoms with E-state index in [1.165, 1.54) is 18.3 Å². The highest BCUT2D eigenvalue weighted by atomic mass is 16.5. The molecule has 162 valence electrons. The summed E-state index contributed by atoms with van der Waals surface area (Å²) in [5.41, 5.74) is 0.317. The maximum atomic E-state index is 13.4. The van der Waals surface area contributed by atoms with Crippen molar-refractivity contribution in [3.8, 4) is 5.75 Å². The fraction of sp³-hybridized carbons (Fsp3) is 0.304. The van der Waals surface area contributed by atoms with Crippen LogP contribution >= 0.6 is 0 Å². The zero-order valence-corrected chi connectivity index (χ0v) is 17.5. The number of ether oxygens (including phenoxy) is 2. The number of furan rings is 2. The minimum atomic E-state index is -0.888. The number of hydrogen-bond acceptors (Lipinski definition) is 7. The van der Waals surface area contributed by atoms with Crippen LogP contribution < -0.4 is 4.74 Å². The minimum Gasteiger partial charge on any atom is -0.503 e. The molecular formula is C23H23NO7. The highest BCUT2D eigenvalue weighted by Crippen LogP contribution is 2.40. The summed E-state index contributed by atoms with van der Waals surface area (Å²) < 4.78 is 22.1. The van der Waals surface area contributed by atoms with Crippen molar-refractivity contribution < 1.29 is 33.0 Å². The van der Waals surface area contributed by atoms with E-state index in [1.54, 1.807) is 36.4 Å². The van der Waals surface area contributed by atoms with Gasteiger partial charge in [0.15, 0.2) is 22.9 Å². The van der Waals surface area contributed by atoms with Gasteiger partial charge in [0.25, 0.3) is 5.91 Å². The molecule has 1 aliphatic rings. The van der Waals surface area contributed by atoms with Crippen molar-refractivity contribution >= 4 is 22.7 Å². The molecule has 8 nitrogen and oxygen atoms in total. The number of amides is 1. The Morgan fingerprint density at radius 2 is 2.06 bits per heavy atom. The topological polar surface area (TPSA) is 102 Å². The van der Waals surface area contributed by atoms with Gasteiger partial charge in [0.1, 0.15) is 11.8 Å². The first kappa shape index (κ1) is 20.7. The van der Waals surface area contributed by atoms with E-state index in [9.17, 15) is 14.7 Å². The number of para-hydroxylation sites is 1. The molecule has 1 atom stereocenters. The average Bonchev–Trinajstić information content (AvgIpc) is 3.47. The number of carbonyl (C=O) groups excluding carboxylic acids is 2.